The summed E-state index contributed by atoms with van der Waals surface area (Å²) in [4.78, 5) is 23.9. The molecule has 1 fully saturated rings. The number of nitrogens with one attached hydrogen (secondary N) is 1. The molecule has 120 valence electrons. The van der Waals surface area contributed by atoms with Crippen molar-refractivity contribution < 1.29 is 19.4 Å². The molecule has 0 saturated carbocycles. The van der Waals surface area contributed by atoms with E-state index in [0.717, 1.165) is 23.6 Å². The molecule has 0 radical (unpaired) electrons. The van der Waals surface area contributed by atoms with E-state index in [4.69, 9.17) is 4.74 Å². The van der Waals surface area contributed by atoms with Gasteiger partial charge in [0.05, 0.1) is 12.5 Å². The maximum absolute atomic E-state index is 12.3. The van der Waals surface area contributed by atoms with Crippen LogP contribution >= 0.6 is 0 Å². The molecule has 0 bridgehead atoms. The standard InChI is InChI=1S/C18H19NO4/c20-17(15-6-3-9-23-11-15)19-16(18(21)22)14-8-7-12-4-1-2-5-13(12)10-14/h1-2,4-5,7-8,10,15-16H,3,6,9,11H2,(H,19,20)(H,21,22). The first-order valence-electron chi connectivity index (χ1n) is 7.75. The van der Waals surface area contributed by atoms with Gasteiger partial charge in [0, 0.05) is 6.61 Å². The van der Waals surface area contributed by atoms with Crippen LogP contribution in [-0.4, -0.2) is 30.2 Å². The number of amides is 1. The Labute approximate surface area is 134 Å². The zero-order chi connectivity index (χ0) is 16.2. The van der Waals surface area contributed by atoms with Crippen LogP contribution < -0.4 is 5.32 Å². The predicted octanol–water partition coefficient (Wildman–Crippen LogP) is 2.51. The van der Waals surface area contributed by atoms with Crippen molar-refractivity contribution in [1.82, 2.24) is 5.32 Å². The van der Waals surface area contributed by atoms with Gasteiger partial charge in [-0.15, -0.1) is 0 Å². The van der Waals surface area contributed by atoms with Gasteiger partial charge < -0.3 is 15.2 Å². The third kappa shape index (κ3) is 3.51. The lowest BCUT2D eigenvalue weighted by atomic mass is 9.98. The van der Waals surface area contributed by atoms with Crippen molar-refractivity contribution in [3.05, 3.63) is 48.0 Å². The summed E-state index contributed by atoms with van der Waals surface area (Å²) in [5.74, 6) is -1.60. The molecule has 2 atom stereocenters. The number of carboxylic acids is 1. The monoisotopic (exact) mass is 313 g/mol. The second kappa shape index (κ2) is 6.79. The van der Waals surface area contributed by atoms with Crippen LogP contribution in [0.15, 0.2) is 42.5 Å². The number of hydrogen-bond acceptors (Lipinski definition) is 3. The van der Waals surface area contributed by atoms with Crippen LogP contribution in [0.25, 0.3) is 10.8 Å². The summed E-state index contributed by atoms with van der Waals surface area (Å²) in [6, 6.07) is 12.1. The van der Waals surface area contributed by atoms with Gasteiger partial charge in [0.2, 0.25) is 5.91 Å². The summed E-state index contributed by atoms with van der Waals surface area (Å²) in [5, 5.41) is 14.1. The summed E-state index contributed by atoms with van der Waals surface area (Å²) >= 11 is 0. The molecule has 0 aromatic heterocycles. The first-order chi connectivity index (χ1) is 11.1. The quantitative estimate of drug-likeness (QED) is 0.909. The van der Waals surface area contributed by atoms with Crippen molar-refractivity contribution in [2.75, 3.05) is 13.2 Å². The predicted molar refractivity (Wildman–Crippen MR) is 86.0 cm³/mol. The average molecular weight is 313 g/mol. The molecular formula is C18H19NO4. The van der Waals surface area contributed by atoms with Crippen molar-refractivity contribution in [3.8, 4) is 0 Å². The van der Waals surface area contributed by atoms with Crippen molar-refractivity contribution in [2.45, 2.75) is 18.9 Å². The van der Waals surface area contributed by atoms with E-state index in [-0.39, 0.29) is 11.8 Å². The van der Waals surface area contributed by atoms with Crippen LogP contribution in [0.5, 0.6) is 0 Å². The van der Waals surface area contributed by atoms with Crippen LogP contribution in [0.2, 0.25) is 0 Å². The molecule has 23 heavy (non-hydrogen) atoms. The molecule has 2 N–H and O–H groups in total. The fraction of sp³-hybridized carbons (Fsp3) is 0.333. The number of carbonyl (C=O) groups excluding carboxylic acids is 1. The summed E-state index contributed by atoms with van der Waals surface area (Å²) in [6.07, 6.45) is 1.56. The molecule has 0 spiro atoms. The number of fused-ring (bicyclic) bond motifs is 1. The fourth-order valence-electron chi connectivity index (χ4n) is 2.88. The van der Waals surface area contributed by atoms with E-state index < -0.39 is 12.0 Å². The minimum Gasteiger partial charge on any atom is -0.479 e. The second-order valence-electron chi connectivity index (χ2n) is 5.80. The molecule has 1 aliphatic rings. The Kier molecular flexibility index (Phi) is 4.57. The average Bonchev–Trinajstić information content (AvgIpc) is 2.59. The number of rotatable bonds is 4. The van der Waals surface area contributed by atoms with Crippen LogP contribution in [0.3, 0.4) is 0 Å². The van der Waals surface area contributed by atoms with Gasteiger partial charge in [-0.25, -0.2) is 4.79 Å². The van der Waals surface area contributed by atoms with Crippen molar-refractivity contribution >= 4 is 22.6 Å². The van der Waals surface area contributed by atoms with Crippen LogP contribution in [0, 0.1) is 5.92 Å². The van der Waals surface area contributed by atoms with Gasteiger partial charge in [-0.3, -0.25) is 4.79 Å². The third-order valence-corrected chi connectivity index (χ3v) is 4.17. The first-order valence-corrected chi connectivity index (χ1v) is 7.75. The Hall–Kier alpha value is -2.40. The number of carboxylic acid groups (broad SMARTS) is 1. The van der Waals surface area contributed by atoms with Crippen molar-refractivity contribution in [3.63, 3.8) is 0 Å². The van der Waals surface area contributed by atoms with E-state index in [1.54, 1.807) is 6.07 Å². The number of carbonyl (C=O) groups is 2. The lowest BCUT2D eigenvalue weighted by Gasteiger charge is -2.23. The summed E-state index contributed by atoms with van der Waals surface area (Å²) in [7, 11) is 0. The highest BCUT2D eigenvalue weighted by molar-refractivity contribution is 5.88. The second-order valence-corrected chi connectivity index (χ2v) is 5.80. The minimum atomic E-state index is -1.06. The first kappa shape index (κ1) is 15.5. The molecule has 1 heterocycles. The normalized spacial score (nSPS) is 19.2. The third-order valence-electron chi connectivity index (χ3n) is 4.17. The highest BCUT2D eigenvalue weighted by Crippen LogP contribution is 2.22. The van der Waals surface area contributed by atoms with E-state index in [9.17, 15) is 14.7 Å². The van der Waals surface area contributed by atoms with E-state index in [1.807, 2.05) is 36.4 Å². The van der Waals surface area contributed by atoms with Gasteiger partial charge in [-0.1, -0.05) is 36.4 Å². The van der Waals surface area contributed by atoms with Crippen LogP contribution in [0.1, 0.15) is 24.4 Å². The molecule has 0 aliphatic carbocycles. The molecular weight excluding hydrogens is 294 g/mol. The molecule has 2 aromatic rings. The summed E-state index contributed by atoms with van der Waals surface area (Å²) in [6.45, 7) is 1.02. The minimum absolute atomic E-state index is 0.259. The molecule has 3 rings (SSSR count). The van der Waals surface area contributed by atoms with Gasteiger partial charge in [-0.2, -0.15) is 0 Å². The molecule has 5 nitrogen and oxygen atoms in total. The van der Waals surface area contributed by atoms with E-state index >= 15 is 0 Å². The maximum Gasteiger partial charge on any atom is 0.330 e. The number of benzene rings is 2. The van der Waals surface area contributed by atoms with Gasteiger partial charge in [0.15, 0.2) is 6.04 Å². The Bertz CT molecular complexity index is 722. The summed E-state index contributed by atoms with van der Waals surface area (Å²) in [5.41, 5.74) is 0.571. The zero-order valence-corrected chi connectivity index (χ0v) is 12.7. The molecule has 1 aliphatic heterocycles. The molecule has 5 heteroatoms. The smallest absolute Gasteiger partial charge is 0.330 e. The highest BCUT2D eigenvalue weighted by atomic mass is 16.5. The zero-order valence-electron chi connectivity index (χ0n) is 12.7. The van der Waals surface area contributed by atoms with Gasteiger partial charge in [0.1, 0.15) is 0 Å². The highest BCUT2D eigenvalue weighted by Gasteiger charge is 2.28. The fourth-order valence-corrected chi connectivity index (χ4v) is 2.88. The van der Waals surface area contributed by atoms with Crippen LogP contribution in [0.4, 0.5) is 0 Å². The van der Waals surface area contributed by atoms with Gasteiger partial charge in [-0.05, 0) is 35.2 Å². The molecule has 1 saturated heterocycles. The van der Waals surface area contributed by atoms with E-state index in [2.05, 4.69) is 5.32 Å². The van der Waals surface area contributed by atoms with E-state index in [0.29, 0.717) is 18.8 Å². The van der Waals surface area contributed by atoms with Crippen molar-refractivity contribution in [2.24, 2.45) is 5.92 Å². The number of aliphatic carboxylic acids is 1. The lowest BCUT2D eigenvalue weighted by molar-refractivity contribution is -0.143. The van der Waals surface area contributed by atoms with Crippen molar-refractivity contribution in [1.29, 1.82) is 0 Å². The molecule has 2 unspecified atom stereocenters. The number of hydrogen-bond donors (Lipinski definition) is 2. The van der Waals surface area contributed by atoms with Gasteiger partial charge in [0.25, 0.3) is 0 Å². The summed E-state index contributed by atoms with van der Waals surface area (Å²) < 4.78 is 5.30. The van der Waals surface area contributed by atoms with Gasteiger partial charge >= 0.3 is 5.97 Å². The topological polar surface area (TPSA) is 75.6 Å². The molecule has 2 aromatic carbocycles. The Morgan fingerprint density at radius 2 is 1.96 bits per heavy atom. The molecule has 1 amide bonds. The Morgan fingerprint density at radius 3 is 2.65 bits per heavy atom. The SMILES string of the molecule is O=C(NC(C(=O)O)c1ccc2ccccc2c1)C1CCCOC1. The Morgan fingerprint density at radius 1 is 1.17 bits per heavy atom. The number of ether oxygens (including phenoxy) is 1. The Balaban J connectivity index is 1.82. The van der Waals surface area contributed by atoms with Crippen LogP contribution in [-0.2, 0) is 14.3 Å². The lowest BCUT2D eigenvalue weighted by Crippen LogP contribution is -2.40. The maximum atomic E-state index is 12.3. The van der Waals surface area contributed by atoms with E-state index in [1.165, 1.54) is 0 Å². The largest absolute Gasteiger partial charge is 0.479 e.